The van der Waals surface area contributed by atoms with Crippen LogP contribution in [0.4, 0.5) is 11.4 Å². The minimum atomic E-state index is 0.827. The van der Waals surface area contributed by atoms with Gasteiger partial charge in [-0.05, 0) is 49.6 Å². The van der Waals surface area contributed by atoms with E-state index < -0.39 is 0 Å². The van der Waals surface area contributed by atoms with Crippen molar-refractivity contribution in [3.63, 3.8) is 0 Å². The molecular formula is C16H19ClN2S. The highest BCUT2D eigenvalue weighted by molar-refractivity contribution is 7.10. The molecule has 0 saturated carbocycles. The summed E-state index contributed by atoms with van der Waals surface area (Å²) in [4.78, 5) is 3.73. The summed E-state index contributed by atoms with van der Waals surface area (Å²) in [6, 6.07) is 8.72. The van der Waals surface area contributed by atoms with Gasteiger partial charge in [0.15, 0.2) is 0 Å². The van der Waals surface area contributed by atoms with Gasteiger partial charge in [0.2, 0.25) is 0 Å². The molecule has 2 nitrogen and oxygen atoms in total. The largest absolute Gasteiger partial charge is 0.380 e. The van der Waals surface area contributed by atoms with Gasteiger partial charge in [0.1, 0.15) is 0 Å². The van der Waals surface area contributed by atoms with Gasteiger partial charge in [0.25, 0.3) is 0 Å². The number of benzene rings is 1. The van der Waals surface area contributed by atoms with Gasteiger partial charge < -0.3 is 10.2 Å². The van der Waals surface area contributed by atoms with E-state index in [2.05, 4.69) is 35.3 Å². The fraction of sp³-hybridized carbons (Fsp3) is 0.375. The molecule has 0 spiro atoms. The molecule has 1 aromatic carbocycles. The third-order valence-corrected chi connectivity index (χ3v) is 5.04. The van der Waals surface area contributed by atoms with Gasteiger partial charge in [0.05, 0.1) is 5.02 Å². The van der Waals surface area contributed by atoms with Gasteiger partial charge in [-0.25, -0.2) is 0 Å². The van der Waals surface area contributed by atoms with Crippen LogP contribution >= 0.6 is 22.9 Å². The van der Waals surface area contributed by atoms with Crippen LogP contribution in [0.1, 0.15) is 23.3 Å². The van der Waals surface area contributed by atoms with E-state index in [1.165, 1.54) is 47.7 Å². The zero-order chi connectivity index (χ0) is 13.9. The van der Waals surface area contributed by atoms with Crippen molar-refractivity contribution in [3.8, 4) is 0 Å². The summed E-state index contributed by atoms with van der Waals surface area (Å²) >= 11 is 7.64. The molecule has 1 fully saturated rings. The first-order valence-corrected chi connectivity index (χ1v) is 8.30. The van der Waals surface area contributed by atoms with Crippen LogP contribution < -0.4 is 10.2 Å². The molecule has 0 amide bonds. The molecule has 1 saturated heterocycles. The highest BCUT2D eigenvalue weighted by Gasteiger charge is 2.12. The third-order valence-electron chi connectivity index (χ3n) is 3.76. The maximum absolute atomic E-state index is 5.94. The molecule has 20 heavy (non-hydrogen) atoms. The van der Waals surface area contributed by atoms with Crippen LogP contribution in [0.2, 0.25) is 5.02 Å². The molecule has 0 aliphatic carbocycles. The maximum atomic E-state index is 5.94. The number of nitrogens with one attached hydrogen (secondary N) is 1. The van der Waals surface area contributed by atoms with Crippen molar-refractivity contribution in [3.05, 3.63) is 45.1 Å². The van der Waals surface area contributed by atoms with E-state index in [1.54, 1.807) is 11.3 Å². The second kappa shape index (κ2) is 6.06. The van der Waals surface area contributed by atoms with Gasteiger partial charge in [-0.1, -0.05) is 11.6 Å². The highest BCUT2D eigenvalue weighted by Crippen LogP contribution is 2.26. The topological polar surface area (TPSA) is 15.3 Å². The summed E-state index contributed by atoms with van der Waals surface area (Å²) in [5.74, 6) is 0. The van der Waals surface area contributed by atoms with Crippen LogP contribution in [0.25, 0.3) is 0 Å². The van der Waals surface area contributed by atoms with Crippen molar-refractivity contribution in [2.75, 3.05) is 23.3 Å². The average molecular weight is 307 g/mol. The Morgan fingerprint density at radius 1 is 1.25 bits per heavy atom. The van der Waals surface area contributed by atoms with Crippen LogP contribution in [0.5, 0.6) is 0 Å². The Morgan fingerprint density at radius 2 is 2.05 bits per heavy atom. The molecular weight excluding hydrogens is 288 g/mol. The molecule has 0 radical (unpaired) electrons. The molecule has 106 valence electrons. The fourth-order valence-electron chi connectivity index (χ4n) is 2.65. The first-order chi connectivity index (χ1) is 9.72. The lowest BCUT2D eigenvalue weighted by atomic mass is 10.1. The fourth-order valence-corrected chi connectivity index (χ4v) is 3.66. The Labute approximate surface area is 129 Å². The molecule has 4 heteroatoms. The Hall–Kier alpha value is -1.19. The SMILES string of the molecule is Cc1cc(N2CCCC2)ccc1NCc1cc(Cl)cs1. The van der Waals surface area contributed by atoms with Crippen LogP contribution in [-0.2, 0) is 6.54 Å². The maximum Gasteiger partial charge on any atom is 0.0516 e. The first kappa shape index (κ1) is 13.8. The second-order valence-electron chi connectivity index (χ2n) is 5.28. The Bertz CT molecular complexity index is 588. The predicted molar refractivity (Wildman–Crippen MR) is 89.3 cm³/mol. The molecule has 3 rings (SSSR count). The lowest BCUT2D eigenvalue weighted by Gasteiger charge is -2.19. The lowest BCUT2D eigenvalue weighted by molar-refractivity contribution is 0.949. The molecule has 2 aromatic rings. The quantitative estimate of drug-likeness (QED) is 0.862. The number of hydrogen-bond donors (Lipinski definition) is 1. The molecule has 2 heterocycles. The van der Waals surface area contributed by atoms with Crippen molar-refractivity contribution in [2.45, 2.75) is 26.3 Å². The predicted octanol–water partition coefficient (Wildman–Crippen LogP) is 4.92. The van der Waals surface area contributed by atoms with Crippen molar-refractivity contribution in [1.29, 1.82) is 0 Å². The number of anilines is 2. The number of aryl methyl sites for hydroxylation is 1. The van der Waals surface area contributed by atoms with Crippen molar-refractivity contribution < 1.29 is 0 Å². The van der Waals surface area contributed by atoms with Gasteiger partial charge in [-0.2, -0.15) is 0 Å². The van der Waals surface area contributed by atoms with E-state index in [9.17, 15) is 0 Å². The lowest BCUT2D eigenvalue weighted by Crippen LogP contribution is -2.17. The van der Waals surface area contributed by atoms with E-state index in [-0.39, 0.29) is 0 Å². The summed E-state index contributed by atoms with van der Waals surface area (Å²) in [6.45, 7) is 5.39. The van der Waals surface area contributed by atoms with Gasteiger partial charge >= 0.3 is 0 Å². The van der Waals surface area contributed by atoms with Crippen LogP contribution in [0.15, 0.2) is 29.6 Å². The summed E-state index contributed by atoms with van der Waals surface area (Å²) in [7, 11) is 0. The van der Waals surface area contributed by atoms with E-state index in [1.807, 2.05) is 11.4 Å². The second-order valence-corrected chi connectivity index (χ2v) is 6.71. The summed E-state index contributed by atoms with van der Waals surface area (Å²) in [6.07, 6.45) is 2.64. The monoisotopic (exact) mass is 306 g/mol. The van der Waals surface area contributed by atoms with E-state index in [4.69, 9.17) is 11.6 Å². The number of halogens is 1. The third kappa shape index (κ3) is 3.10. The summed E-state index contributed by atoms with van der Waals surface area (Å²) < 4.78 is 0. The minimum absolute atomic E-state index is 0.827. The van der Waals surface area contributed by atoms with Crippen molar-refractivity contribution >= 4 is 34.3 Å². The molecule has 0 atom stereocenters. The molecule has 0 unspecified atom stereocenters. The normalized spacial score (nSPS) is 14.8. The zero-order valence-corrected chi connectivity index (χ0v) is 13.2. The summed E-state index contributed by atoms with van der Waals surface area (Å²) in [5.41, 5.74) is 3.86. The zero-order valence-electron chi connectivity index (χ0n) is 11.7. The minimum Gasteiger partial charge on any atom is -0.380 e. The van der Waals surface area contributed by atoms with Gasteiger partial charge in [-0.15, -0.1) is 11.3 Å². The van der Waals surface area contributed by atoms with E-state index in [0.29, 0.717) is 0 Å². The smallest absolute Gasteiger partial charge is 0.0516 e. The van der Waals surface area contributed by atoms with Crippen LogP contribution in [0.3, 0.4) is 0 Å². The average Bonchev–Trinajstić information content (AvgIpc) is 3.08. The van der Waals surface area contributed by atoms with Gasteiger partial charge in [-0.3, -0.25) is 0 Å². The molecule has 0 bridgehead atoms. The Kier molecular flexibility index (Phi) is 4.18. The standard InChI is InChI=1S/C16H19ClN2S/c1-12-8-14(19-6-2-3-7-19)4-5-16(12)18-10-15-9-13(17)11-20-15/h4-5,8-9,11,18H,2-3,6-7,10H2,1H3. The van der Waals surface area contributed by atoms with Crippen LogP contribution in [-0.4, -0.2) is 13.1 Å². The first-order valence-electron chi connectivity index (χ1n) is 7.05. The Balaban J connectivity index is 1.67. The molecule has 1 aliphatic rings. The number of nitrogens with zero attached hydrogens (tertiary/aromatic N) is 1. The van der Waals surface area contributed by atoms with Gasteiger partial charge in [0, 0.05) is 41.3 Å². The number of rotatable bonds is 4. The van der Waals surface area contributed by atoms with E-state index in [0.717, 1.165) is 11.6 Å². The molecule has 1 aromatic heterocycles. The molecule has 1 aliphatic heterocycles. The number of hydrogen-bond acceptors (Lipinski definition) is 3. The summed E-state index contributed by atoms with van der Waals surface area (Å²) in [5, 5.41) is 6.29. The molecule has 1 N–H and O–H groups in total. The van der Waals surface area contributed by atoms with Crippen LogP contribution in [0, 0.1) is 6.92 Å². The highest BCUT2D eigenvalue weighted by atomic mass is 35.5. The van der Waals surface area contributed by atoms with E-state index >= 15 is 0 Å². The number of thiophene rings is 1. The Morgan fingerprint density at radius 3 is 2.70 bits per heavy atom. The van der Waals surface area contributed by atoms with Crippen molar-refractivity contribution in [2.24, 2.45) is 0 Å². The van der Waals surface area contributed by atoms with Crippen molar-refractivity contribution in [1.82, 2.24) is 0 Å².